The van der Waals surface area contributed by atoms with Gasteiger partial charge in [-0.15, -0.1) is 0 Å². The van der Waals surface area contributed by atoms with Crippen molar-refractivity contribution in [3.8, 4) is 5.75 Å². The fourth-order valence-electron chi connectivity index (χ4n) is 5.10. The molecule has 1 aliphatic heterocycles. The molecule has 0 N–H and O–H groups in total. The molecule has 2 saturated carbocycles. The molecule has 4 atom stereocenters. The molecule has 0 unspecified atom stereocenters. The van der Waals surface area contributed by atoms with E-state index in [0.717, 1.165) is 23.7 Å². The molecular weight excluding hydrogens is 422 g/mol. The maximum Gasteiger partial charge on any atom is 0.343 e. The van der Waals surface area contributed by atoms with Gasteiger partial charge < -0.3 is 4.74 Å². The molecule has 3 aliphatic rings. The van der Waals surface area contributed by atoms with E-state index in [4.69, 9.17) is 4.74 Å². The van der Waals surface area contributed by atoms with Crippen molar-refractivity contribution in [3.05, 3.63) is 58.6 Å². The number of carbonyl (C=O) groups is 3. The van der Waals surface area contributed by atoms with E-state index in [2.05, 4.69) is 15.9 Å². The molecule has 5 rings (SSSR count). The third-order valence-corrected chi connectivity index (χ3v) is 6.82. The Balaban J connectivity index is 1.40. The lowest BCUT2D eigenvalue weighted by Crippen LogP contribution is -2.32. The van der Waals surface area contributed by atoms with Crippen molar-refractivity contribution in [2.24, 2.45) is 23.7 Å². The van der Waals surface area contributed by atoms with E-state index < -0.39 is 5.97 Å². The summed E-state index contributed by atoms with van der Waals surface area (Å²) in [4.78, 5) is 39.8. The molecule has 1 saturated heterocycles. The summed E-state index contributed by atoms with van der Waals surface area (Å²) in [7, 11) is 0. The van der Waals surface area contributed by atoms with E-state index in [0.29, 0.717) is 28.8 Å². The smallest absolute Gasteiger partial charge is 0.343 e. The van der Waals surface area contributed by atoms with Crippen LogP contribution in [0.1, 0.15) is 29.6 Å². The number of anilines is 1. The van der Waals surface area contributed by atoms with Crippen LogP contribution >= 0.6 is 15.9 Å². The fourth-order valence-corrected chi connectivity index (χ4v) is 5.37. The number of amides is 2. The van der Waals surface area contributed by atoms with Crippen LogP contribution in [0.2, 0.25) is 0 Å². The van der Waals surface area contributed by atoms with Crippen LogP contribution in [-0.4, -0.2) is 17.8 Å². The zero-order valence-electron chi connectivity index (χ0n) is 15.0. The average Bonchev–Trinajstić information content (AvgIpc) is 3.37. The Morgan fingerprint density at radius 2 is 1.61 bits per heavy atom. The van der Waals surface area contributed by atoms with Crippen LogP contribution in [0, 0.1) is 23.7 Å². The van der Waals surface area contributed by atoms with Gasteiger partial charge >= 0.3 is 5.97 Å². The number of rotatable bonds is 3. The minimum absolute atomic E-state index is 0.111. The van der Waals surface area contributed by atoms with Crippen LogP contribution in [0.25, 0.3) is 0 Å². The second-order valence-corrected chi connectivity index (χ2v) is 8.71. The van der Waals surface area contributed by atoms with Gasteiger partial charge in [0.15, 0.2) is 0 Å². The predicted octanol–water partition coefficient (Wildman–Crippen LogP) is 4.20. The van der Waals surface area contributed by atoms with Gasteiger partial charge in [-0.2, -0.15) is 0 Å². The highest BCUT2D eigenvalue weighted by molar-refractivity contribution is 9.10. The van der Waals surface area contributed by atoms with Gasteiger partial charge in [0.1, 0.15) is 5.75 Å². The molecule has 2 aromatic rings. The van der Waals surface area contributed by atoms with E-state index in [1.165, 1.54) is 4.90 Å². The molecule has 142 valence electrons. The number of hydrogen-bond donors (Lipinski definition) is 0. The van der Waals surface area contributed by atoms with Gasteiger partial charge in [-0.25, -0.2) is 4.79 Å². The van der Waals surface area contributed by atoms with Gasteiger partial charge in [-0.05, 0) is 73.6 Å². The zero-order valence-corrected chi connectivity index (χ0v) is 16.6. The van der Waals surface area contributed by atoms with Gasteiger partial charge in [-0.3, -0.25) is 14.5 Å². The largest absolute Gasteiger partial charge is 0.423 e. The molecule has 5 nitrogen and oxygen atoms in total. The number of carbonyl (C=O) groups excluding carboxylic acids is 3. The number of hydrogen-bond acceptors (Lipinski definition) is 4. The maximum absolute atomic E-state index is 13.0. The second kappa shape index (κ2) is 6.55. The van der Waals surface area contributed by atoms with Gasteiger partial charge in [0.2, 0.25) is 11.8 Å². The Morgan fingerprint density at radius 1 is 0.964 bits per heavy atom. The zero-order chi connectivity index (χ0) is 19.4. The molecule has 0 radical (unpaired) electrons. The summed E-state index contributed by atoms with van der Waals surface area (Å²) >= 11 is 3.34. The van der Waals surface area contributed by atoms with Crippen molar-refractivity contribution in [2.45, 2.75) is 19.3 Å². The second-order valence-electron chi connectivity index (χ2n) is 7.79. The Bertz CT molecular complexity index is 958. The minimum atomic E-state index is -0.525. The number of imide groups is 1. The third-order valence-electron chi connectivity index (χ3n) is 6.29. The number of halogens is 1. The molecule has 2 bridgehead atoms. The molecule has 0 spiro atoms. The molecule has 6 heteroatoms. The topological polar surface area (TPSA) is 63.7 Å². The van der Waals surface area contributed by atoms with E-state index in [-0.39, 0.29) is 23.7 Å². The first kappa shape index (κ1) is 17.6. The Labute approximate surface area is 170 Å². The highest BCUT2D eigenvalue weighted by Crippen LogP contribution is 2.56. The number of fused-ring (bicyclic) bond motifs is 5. The quantitative estimate of drug-likeness (QED) is 0.408. The highest BCUT2D eigenvalue weighted by Gasteiger charge is 2.61. The normalized spacial score (nSPS) is 28.0. The number of nitrogens with zero attached hydrogens (tertiary/aromatic N) is 1. The third kappa shape index (κ3) is 2.70. The molecule has 3 fully saturated rings. The summed E-state index contributed by atoms with van der Waals surface area (Å²) < 4.78 is 6.29. The Hall–Kier alpha value is -2.47. The summed E-state index contributed by atoms with van der Waals surface area (Å²) in [5, 5.41) is 0. The average molecular weight is 440 g/mol. The molecule has 2 aliphatic carbocycles. The molecule has 0 aromatic heterocycles. The van der Waals surface area contributed by atoms with Crippen molar-refractivity contribution in [1.82, 2.24) is 0 Å². The summed E-state index contributed by atoms with van der Waals surface area (Å²) in [6.45, 7) is 0. The van der Waals surface area contributed by atoms with Gasteiger partial charge in [0.05, 0.1) is 23.1 Å². The molecule has 28 heavy (non-hydrogen) atoms. The summed E-state index contributed by atoms with van der Waals surface area (Å²) in [6, 6.07) is 13.5. The predicted molar refractivity (Wildman–Crippen MR) is 106 cm³/mol. The minimum Gasteiger partial charge on any atom is -0.423 e. The fraction of sp³-hybridized carbons (Fsp3) is 0.318. The van der Waals surface area contributed by atoms with Crippen LogP contribution in [0.4, 0.5) is 5.69 Å². The van der Waals surface area contributed by atoms with Crippen LogP contribution in [0.5, 0.6) is 5.75 Å². The van der Waals surface area contributed by atoms with Crippen LogP contribution in [0.15, 0.2) is 53.0 Å². The van der Waals surface area contributed by atoms with Crippen molar-refractivity contribution in [2.75, 3.05) is 4.90 Å². The van der Waals surface area contributed by atoms with E-state index in [1.807, 2.05) is 0 Å². The lowest BCUT2D eigenvalue weighted by atomic mass is 9.81. The van der Waals surface area contributed by atoms with Crippen molar-refractivity contribution < 1.29 is 19.1 Å². The number of ether oxygens (including phenoxy) is 1. The monoisotopic (exact) mass is 439 g/mol. The van der Waals surface area contributed by atoms with Gasteiger partial charge in [-0.1, -0.05) is 22.0 Å². The van der Waals surface area contributed by atoms with Gasteiger partial charge in [0.25, 0.3) is 0 Å². The first-order valence-electron chi connectivity index (χ1n) is 9.48. The SMILES string of the molecule is O=C(Oc1ccc(Br)cc1)c1cccc(N2C(=O)[C@H]3[C@H]4CC[C@@H](C4)[C@@H]3C2=O)c1. The van der Waals surface area contributed by atoms with Crippen molar-refractivity contribution in [1.29, 1.82) is 0 Å². The lowest BCUT2D eigenvalue weighted by Gasteiger charge is -2.19. The van der Waals surface area contributed by atoms with Crippen LogP contribution < -0.4 is 9.64 Å². The maximum atomic E-state index is 13.0. The summed E-state index contributed by atoms with van der Waals surface area (Å²) in [5.41, 5.74) is 0.759. The molecular formula is C22H18BrNO4. The summed E-state index contributed by atoms with van der Waals surface area (Å²) in [5.74, 6) is 0.000993. The van der Waals surface area contributed by atoms with E-state index >= 15 is 0 Å². The molecule has 1 heterocycles. The Morgan fingerprint density at radius 3 is 2.25 bits per heavy atom. The first-order valence-corrected chi connectivity index (χ1v) is 10.3. The van der Waals surface area contributed by atoms with Crippen molar-refractivity contribution >= 4 is 39.4 Å². The Kier molecular flexibility index (Phi) is 4.12. The molecule has 2 aromatic carbocycles. The highest BCUT2D eigenvalue weighted by atomic mass is 79.9. The summed E-state index contributed by atoms with van der Waals surface area (Å²) in [6.07, 6.45) is 3.08. The number of esters is 1. The van der Waals surface area contributed by atoms with E-state index in [9.17, 15) is 14.4 Å². The molecule has 2 amide bonds. The van der Waals surface area contributed by atoms with Crippen molar-refractivity contribution in [3.63, 3.8) is 0 Å². The standard InChI is InChI=1S/C22H18BrNO4/c23-15-6-8-17(9-7-15)28-22(27)14-2-1-3-16(11-14)24-20(25)18-12-4-5-13(10-12)19(18)21(24)26/h1-3,6-9,11-13,18-19H,4-5,10H2/t12-,13-,18-,19-/m0/s1. The first-order chi connectivity index (χ1) is 13.5. The van der Waals surface area contributed by atoms with Gasteiger partial charge in [0, 0.05) is 4.47 Å². The number of benzene rings is 2. The van der Waals surface area contributed by atoms with Crippen LogP contribution in [0.3, 0.4) is 0 Å². The lowest BCUT2D eigenvalue weighted by molar-refractivity contribution is -0.123. The van der Waals surface area contributed by atoms with E-state index in [1.54, 1.807) is 48.5 Å². The van der Waals surface area contributed by atoms with Crippen LogP contribution in [-0.2, 0) is 9.59 Å².